The van der Waals surface area contributed by atoms with Gasteiger partial charge in [-0.25, -0.2) is 0 Å². The van der Waals surface area contributed by atoms with Gasteiger partial charge in [-0.2, -0.15) is 0 Å². The zero-order valence-corrected chi connectivity index (χ0v) is 52.4. The Bertz CT molecular complexity index is 939. The molecular formula is C57H126Cl2N2O6Si2. The van der Waals surface area contributed by atoms with Crippen molar-refractivity contribution in [3.63, 3.8) is 0 Å². The second-order valence-electron chi connectivity index (χ2n) is 21.6. The quantitative estimate of drug-likeness (QED) is 0.0344. The number of nitrogens with zero attached hydrogens (tertiary/aromatic N) is 2. The topological polar surface area (TPSA) is 55.4 Å². The highest BCUT2D eigenvalue weighted by atomic mass is 35.5. The molecule has 12 heteroatoms. The normalized spacial score (nSPS) is 12.2. The highest BCUT2D eigenvalue weighted by molar-refractivity contribution is 6.60. The number of hydrogen-bond donors (Lipinski definition) is 0. The van der Waals surface area contributed by atoms with E-state index in [-0.39, 0.29) is 24.8 Å². The summed E-state index contributed by atoms with van der Waals surface area (Å²) in [6.45, 7) is 13.2. The summed E-state index contributed by atoms with van der Waals surface area (Å²) >= 11 is 0. The molecule has 0 amide bonds. The van der Waals surface area contributed by atoms with E-state index in [0.29, 0.717) is 0 Å². The first-order valence-corrected chi connectivity index (χ1v) is 33.3. The highest BCUT2D eigenvalue weighted by Gasteiger charge is 2.39. The van der Waals surface area contributed by atoms with Crippen molar-refractivity contribution >= 4 is 17.6 Å². The van der Waals surface area contributed by atoms with E-state index in [1.165, 1.54) is 262 Å². The Balaban J connectivity index is -0.000000638. The Hall–Kier alpha value is 0.694. The predicted octanol–water partition coefficient (Wildman–Crippen LogP) is 11.1. The molecule has 0 saturated carbocycles. The Morgan fingerprint density at radius 1 is 0.246 bits per heavy atom. The van der Waals surface area contributed by atoms with Gasteiger partial charge >= 0.3 is 17.6 Å². The minimum Gasteiger partial charge on any atom is -1.00 e. The maximum Gasteiger partial charge on any atom is 0.500 e. The van der Waals surface area contributed by atoms with Gasteiger partial charge in [0.1, 0.15) is 0 Å². The van der Waals surface area contributed by atoms with E-state index in [0.717, 1.165) is 36.0 Å². The molecule has 0 N–H and O–H groups in total. The van der Waals surface area contributed by atoms with Crippen molar-refractivity contribution in [2.45, 2.75) is 277 Å². The largest absolute Gasteiger partial charge is 1.00 e. The number of quaternary nitrogens is 2. The van der Waals surface area contributed by atoms with Gasteiger partial charge in [-0.15, -0.1) is 0 Å². The minimum absolute atomic E-state index is 0. The lowest BCUT2D eigenvalue weighted by atomic mass is 10.0. The molecule has 0 fully saturated rings. The summed E-state index contributed by atoms with van der Waals surface area (Å²) < 4.78 is 35.9. The Kier molecular flexibility index (Phi) is 60.7. The molecule has 0 saturated heterocycles. The molecule has 69 heavy (non-hydrogen) atoms. The predicted molar refractivity (Wildman–Crippen MR) is 298 cm³/mol. The molecule has 0 aliphatic rings. The van der Waals surface area contributed by atoms with E-state index < -0.39 is 17.6 Å². The van der Waals surface area contributed by atoms with Crippen molar-refractivity contribution in [3.8, 4) is 0 Å². The molecular weight excluding hydrogens is 936 g/mol. The van der Waals surface area contributed by atoms with Gasteiger partial charge in [-0.1, -0.05) is 213 Å². The third kappa shape index (κ3) is 48.1. The van der Waals surface area contributed by atoms with Gasteiger partial charge < -0.3 is 60.3 Å². The molecule has 0 aliphatic carbocycles. The van der Waals surface area contributed by atoms with Crippen LogP contribution in [-0.2, 0) is 26.6 Å². The van der Waals surface area contributed by atoms with Crippen molar-refractivity contribution in [2.24, 2.45) is 0 Å². The summed E-state index contributed by atoms with van der Waals surface area (Å²) in [6.07, 6.45) is 53.3. The molecule has 0 bridgehead atoms. The van der Waals surface area contributed by atoms with E-state index in [2.05, 4.69) is 41.9 Å². The Morgan fingerprint density at radius 3 is 0.652 bits per heavy atom. The first-order valence-electron chi connectivity index (χ1n) is 29.4. The number of unbranched alkanes of at least 4 members (excludes halogenated alkanes) is 33. The van der Waals surface area contributed by atoms with E-state index in [1.54, 1.807) is 42.7 Å². The van der Waals surface area contributed by atoms with Crippen molar-refractivity contribution in [2.75, 3.05) is 96.5 Å². The van der Waals surface area contributed by atoms with Gasteiger partial charge in [0.05, 0.1) is 53.9 Å². The van der Waals surface area contributed by atoms with Gasteiger partial charge in [-0.3, -0.25) is 0 Å². The first-order chi connectivity index (χ1) is 32.5. The minimum atomic E-state index is -2.47. The average molecular weight is 1060 g/mol. The molecule has 0 radical (unpaired) electrons. The van der Waals surface area contributed by atoms with Crippen molar-refractivity contribution in [1.82, 2.24) is 0 Å². The molecule has 0 aromatic rings. The summed E-state index contributed by atoms with van der Waals surface area (Å²) in [5.74, 6) is 0. The monoisotopic (exact) mass is 1060 g/mol. The average Bonchev–Trinajstić information content (AvgIpc) is 3.33. The van der Waals surface area contributed by atoms with Gasteiger partial charge in [0.2, 0.25) is 0 Å². The van der Waals surface area contributed by atoms with Crippen LogP contribution < -0.4 is 24.8 Å². The van der Waals surface area contributed by atoms with Crippen LogP contribution in [0.25, 0.3) is 0 Å². The lowest BCUT2D eigenvalue weighted by Crippen LogP contribution is -3.00. The molecule has 0 aliphatic heterocycles. The standard InChI is InChI=1S/C35H76NO3Si.C22H50NO3Si.2ClH/c1-7-9-11-13-15-17-19-21-23-25-27-29-32-36(3,34-31-35-40(37-4,38-5)39-6)33-30-28-26-24-22-20-18-16-14-12-10-8-2;1-7-8-9-10-11-12-13-14-15-16-17-18-20-23(2,3)21-19-22-27(24-4,25-5)26-6;;/h7-35H2,1-6H3;7-22H2,1-6H3;2*1H/q2*+1;;/p-2. The fourth-order valence-corrected chi connectivity index (χ4v) is 13.4. The molecule has 0 heterocycles. The lowest BCUT2D eigenvalue weighted by molar-refractivity contribution is -0.910. The molecule has 0 spiro atoms. The van der Waals surface area contributed by atoms with Gasteiger partial charge in [0.25, 0.3) is 0 Å². The lowest BCUT2D eigenvalue weighted by Gasteiger charge is -2.36. The molecule has 8 nitrogen and oxygen atoms in total. The maximum absolute atomic E-state index is 5.69. The summed E-state index contributed by atoms with van der Waals surface area (Å²) in [5.41, 5.74) is 0. The highest BCUT2D eigenvalue weighted by Crippen LogP contribution is 2.22. The van der Waals surface area contributed by atoms with E-state index in [1.807, 2.05) is 0 Å². The van der Waals surface area contributed by atoms with Crippen LogP contribution in [0.5, 0.6) is 0 Å². The van der Waals surface area contributed by atoms with Gasteiger partial charge in [0, 0.05) is 67.6 Å². The third-order valence-corrected chi connectivity index (χ3v) is 20.7. The van der Waals surface area contributed by atoms with Crippen molar-refractivity contribution in [1.29, 1.82) is 0 Å². The van der Waals surface area contributed by atoms with Crippen LogP contribution >= 0.6 is 0 Å². The molecule has 0 atom stereocenters. The molecule has 0 rings (SSSR count). The molecule has 0 aromatic carbocycles. The maximum atomic E-state index is 5.69. The smallest absolute Gasteiger partial charge is 0.500 e. The molecule has 0 unspecified atom stereocenters. The second-order valence-corrected chi connectivity index (χ2v) is 27.8. The van der Waals surface area contributed by atoms with E-state index in [9.17, 15) is 0 Å². The molecule has 0 aromatic heterocycles. The summed E-state index contributed by atoms with van der Waals surface area (Å²) in [4.78, 5) is 0. The summed E-state index contributed by atoms with van der Waals surface area (Å²) in [5, 5.41) is 0. The van der Waals surface area contributed by atoms with Crippen LogP contribution in [0.2, 0.25) is 12.1 Å². The summed E-state index contributed by atoms with van der Waals surface area (Å²) in [7, 11) is 12.7. The SMILES string of the molecule is CCCCCCCCCCCCCC[N+](C)(C)CCC[Si](OC)(OC)OC.CCCCCCCCCCCCCC[N+](C)(CCCCCCCCCCCCCC)CCC[Si](OC)(OC)OC.[Cl-].[Cl-]. The molecule has 422 valence electrons. The second kappa shape index (κ2) is 54.9. The van der Waals surface area contributed by atoms with E-state index in [4.69, 9.17) is 26.6 Å². The zero-order chi connectivity index (χ0) is 50.1. The van der Waals surface area contributed by atoms with E-state index >= 15 is 0 Å². The van der Waals surface area contributed by atoms with Crippen molar-refractivity contribution < 1.29 is 60.3 Å². The van der Waals surface area contributed by atoms with Crippen LogP contribution in [0.15, 0.2) is 0 Å². The number of hydrogen-bond acceptors (Lipinski definition) is 6. The van der Waals surface area contributed by atoms with Gasteiger partial charge in [0.15, 0.2) is 0 Å². The fraction of sp³-hybridized carbons (Fsp3) is 1.00. The van der Waals surface area contributed by atoms with Crippen LogP contribution in [0.1, 0.15) is 265 Å². The Morgan fingerprint density at radius 2 is 0.420 bits per heavy atom. The zero-order valence-electron chi connectivity index (χ0n) is 48.9. The Labute approximate surface area is 449 Å². The van der Waals surface area contributed by atoms with Crippen LogP contribution in [-0.4, -0.2) is 123 Å². The van der Waals surface area contributed by atoms with Crippen molar-refractivity contribution in [3.05, 3.63) is 0 Å². The number of rotatable bonds is 53. The van der Waals surface area contributed by atoms with Crippen LogP contribution in [0.3, 0.4) is 0 Å². The third-order valence-electron chi connectivity index (χ3n) is 15.0. The van der Waals surface area contributed by atoms with Gasteiger partial charge in [-0.05, 0) is 38.5 Å². The first kappa shape index (κ1) is 76.2. The summed E-state index contributed by atoms with van der Waals surface area (Å²) in [6, 6.07) is 1.82. The number of halogens is 2. The van der Waals surface area contributed by atoms with Crippen LogP contribution in [0, 0.1) is 0 Å². The fourth-order valence-electron chi connectivity index (χ4n) is 10.0. The van der Waals surface area contributed by atoms with Crippen LogP contribution in [0.4, 0.5) is 0 Å².